The number of H-pyrrole nitrogens is 1. The SMILES string of the molecule is CC.CC(c1cccc2c(-c3ccc(CS(C)(=O)=O)c(F)c3)c(C(=O)O)[nH]c12)n1cc(CCCN)oc1=O.CI. The molecule has 4 N–H and O–H groups in total. The van der Waals surface area contributed by atoms with Crippen LogP contribution in [0, 0.1) is 5.82 Å². The molecule has 12 heteroatoms. The van der Waals surface area contributed by atoms with Gasteiger partial charge in [0.2, 0.25) is 0 Å². The van der Waals surface area contributed by atoms with Gasteiger partial charge in [0.05, 0.1) is 17.3 Å². The molecule has 1 unspecified atom stereocenters. The number of alkyl halides is 1. The fourth-order valence-electron chi connectivity index (χ4n) is 4.36. The maximum Gasteiger partial charge on any atom is 0.419 e. The summed E-state index contributed by atoms with van der Waals surface area (Å²) in [5.41, 5.74) is 7.05. The number of hydrogen-bond donors (Lipinski definition) is 3. The van der Waals surface area contributed by atoms with Crippen molar-refractivity contribution in [1.29, 1.82) is 0 Å². The van der Waals surface area contributed by atoms with Crippen molar-refractivity contribution in [3.05, 3.63) is 81.5 Å². The highest BCUT2D eigenvalue weighted by Crippen LogP contribution is 2.37. The van der Waals surface area contributed by atoms with Crippen LogP contribution >= 0.6 is 22.6 Å². The molecule has 4 aromatic rings. The molecule has 2 aromatic carbocycles. The van der Waals surface area contributed by atoms with Gasteiger partial charge in [0, 0.05) is 35.4 Å². The summed E-state index contributed by atoms with van der Waals surface area (Å²) in [7, 11) is -3.45. The zero-order valence-corrected chi connectivity index (χ0v) is 26.1. The van der Waals surface area contributed by atoms with Crippen molar-refractivity contribution in [1.82, 2.24) is 9.55 Å². The number of carboxylic acid groups (broad SMARTS) is 1. The average Bonchev–Trinajstić information content (AvgIpc) is 3.50. The molecular formula is C28H35FIN3O6S. The number of nitrogens with one attached hydrogen (secondary N) is 1. The monoisotopic (exact) mass is 687 g/mol. The zero-order chi connectivity index (χ0) is 30.2. The lowest BCUT2D eigenvalue weighted by atomic mass is 9.98. The van der Waals surface area contributed by atoms with Crippen LogP contribution in [0.3, 0.4) is 0 Å². The zero-order valence-electron chi connectivity index (χ0n) is 23.1. The van der Waals surface area contributed by atoms with E-state index < -0.39 is 39.2 Å². The van der Waals surface area contributed by atoms with E-state index in [1.165, 1.54) is 16.7 Å². The molecule has 9 nitrogen and oxygen atoms in total. The van der Waals surface area contributed by atoms with Gasteiger partial charge in [0.15, 0.2) is 9.84 Å². The molecule has 40 heavy (non-hydrogen) atoms. The van der Waals surface area contributed by atoms with Crippen LogP contribution in [0.4, 0.5) is 4.39 Å². The molecule has 0 saturated heterocycles. The second-order valence-electron chi connectivity index (χ2n) is 8.77. The molecule has 4 rings (SSSR count). The van der Waals surface area contributed by atoms with E-state index in [2.05, 4.69) is 27.6 Å². The Morgan fingerprint density at radius 1 is 1.23 bits per heavy atom. The Kier molecular flexibility index (Phi) is 12.1. The van der Waals surface area contributed by atoms with Crippen LogP contribution in [-0.2, 0) is 22.0 Å². The second-order valence-corrected chi connectivity index (χ2v) is 10.9. The number of aromatic carboxylic acids is 1. The van der Waals surface area contributed by atoms with Crippen LogP contribution < -0.4 is 11.5 Å². The lowest BCUT2D eigenvalue weighted by molar-refractivity contribution is 0.0692. The Balaban J connectivity index is 0.00000134. The lowest BCUT2D eigenvalue weighted by Gasteiger charge is -2.13. The minimum absolute atomic E-state index is 0.00273. The molecule has 218 valence electrons. The van der Waals surface area contributed by atoms with Gasteiger partial charge < -0.3 is 20.2 Å². The fourth-order valence-corrected chi connectivity index (χ4v) is 5.16. The highest BCUT2D eigenvalue weighted by Gasteiger charge is 2.24. The summed E-state index contributed by atoms with van der Waals surface area (Å²) >= 11 is 2.15. The van der Waals surface area contributed by atoms with Gasteiger partial charge in [-0.05, 0) is 42.0 Å². The van der Waals surface area contributed by atoms with Gasteiger partial charge in [-0.1, -0.05) is 66.8 Å². The third-order valence-electron chi connectivity index (χ3n) is 6.05. The number of para-hydroxylation sites is 1. The molecule has 2 aromatic heterocycles. The van der Waals surface area contributed by atoms with Crippen LogP contribution in [0.2, 0.25) is 0 Å². The van der Waals surface area contributed by atoms with E-state index in [9.17, 15) is 27.5 Å². The number of halogens is 2. The number of nitrogens with zero attached hydrogens (tertiary/aromatic N) is 1. The van der Waals surface area contributed by atoms with E-state index in [1.54, 1.807) is 31.3 Å². The van der Waals surface area contributed by atoms with Crippen molar-refractivity contribution >= 4 is 49.3 Å². The standard InChI is InChI=1S/C25H26FN3O6S.C2H6.CH3I/c1-14(29-12-17(5-4-10-27)35-25(29)32)18-6-3-7-19-21(23(24(30)31)28-22(18)19)15-8-9-16(20(26)11-15)13-36(2,33)34;2*1-2/h3,6-9,11-12,14,28H,4-5,10,13,27H2,1-2H3,(H,30,31);1-2H3;1H3. The summed E-state index contributed by atoms with van der Waals surface area (Å²) in [6.45, 7) is 6.25. The number of carbonyl (C=O) groups is 1. The molecule has 0 radical (unpaired) electrons. The number of sulfone groups is 1. The summed E-state index contributed by atoms with van der Waals surface area (Å²) in [4.78, 5) is 29.5. The van der Waals surface area contributed by atoms with Crippen LogP contribution in [0.5, 0.6) is 0 Å². The largest absolute Gasteiger partial charge is 0.477 e. The van der Waals surface area contributed by atoms with Crippen LogP contribution in [0.1, 0.15) is 60.6 Å². The predicted molar refractivity (Wildman–Crippen MR) is 165 cm³/mol. The van der Waals surface area contributed by atoms with Crippen LogP contribution in [-0.4, -0.2) is 46.8 Å². The number of hydrogen-bond acceptors (Lipinski definition) is 6. The van der Waals surface area contributed by atoms with Crippen LogP contribution in [0.25, 0.3) is 22.0 Å². The van der Waals surface area contributed by atoms with Crippen LogP contribution in [0.15, 0.2) is 51.8 Å². The Labute approximate surface area is 246 Å². The van der Waals surface area contributed by atoms with Crippen molar-refractivity contribution in [2.24, 2.45) is 5.73 Å². The van der Waals surface area contributed by atoms with E-state index >= 15 is 0 Å². The van der Waals surface area contributed by atoms with E-state index in [-0.39, 0.29) is 22.4 Å². The highest BCUT2D eigenvalue weighted by molar-refractivity contribution is 14.1. The predicted octanol–water partition coefficient (Wildman–Crippen LogP) is 5.55. The normalized spacial score (nSPS) is 11.8. The number of fused-ring (bicyclic) bond motifs is 1. The number of oxazole rings is 1. The van der Waals surface area contributed by atoms with Gasteiger partial charge in [-0.2, -0.15) is 0 Å². The third-order valence-corrected chi connectivity index (χ3v) is 6.88. The number of benzene rings is 2. The van der Waals surface area contributed by atoms with E-state index in [1.807, 2.05) is 18.8 Å². The minimum Gasteiger partial charge on any atom is -0.477 e. The topological polar surface area (TPSA) is 148 Å². The number of rotatable bonds is 9. The molecule has 0 fully saturated rings. The fraction of sp³-hybridized carbons (Fsp3) is 0.357. The molecule has 0 aliphatic carbocycles. The molecular weight excluding hydrogens is 652 g/mol. The molecule has 0 aliphatic heterocycles. The number of nitrogens with two attached hydrogens (primary N) is 1. The van der Waals surface area contributed by atoms with Crippen molar-refractivity contribution in [2.45, 2.75) is 45.4 Å². The van der Waals surface area contributed by atoms with Crippen molar-refractivity contribution in [3.8, 4) is 11.1 Å². The summed E-state index contributed by atoms with van der Waals surface area (Å²) < 4.78 is 44.7. The smallest absolute Gasteiger partial charge is 0.419 e. The Hall–Kier alpha value is -2.97. The minimum atomic E-state index is -3.45. The quantitative estimate of drug-likeness (QED) is 0.154. The number of aromatic amines is 1. The Bertz CT molecular complexity index is 1620. The summed E-state index contributed by atoms with van der Waals surface area (Å²) in [6, 6.07) is 8.68. The third kappa shape index (κ3) is 7.61. The first kappa shape index (κ1) is 33.2. The molecule has 1 atom stereocenters. The molecule has 0 saturated carbocycles. The summed E-state index contributed by atoms with van der Waals surface area (Å²) in [5, 5.41) is 10.4. The van der Waals surface area contributed by atoms with Gasteiger partial charge in [0.25, 0.3) is 0 Å². The van der Waals surface area contributed by atoms with Gasteiger partial charge in [-0.3, -0.25) is 4.57 Å². The molecule has 0 amide bonds. The summed E-state index contributed by atoms with van der Waals surface area (Å²) in [5.74, 6) is -2.49. The maximum absolute atomic E-state index is 14.8. The lowest BCUT2D eigenvalue weighted by Crippen LogP contribution is -2.18. The van der Waals surface area contributed by atoms with Crippen molar-refractivity contribution in [3.63, 3.8) is 0 Å². The molecule has 0 bridgehead atoms. The number of carboxylic acids is 1. The number of aryl methyl sites for hydroxylation is 1. The average molecular weight is 688 g/mol. The number of aromatic nitrogens is 2. The van der Waals surface area contributed by atoms with Crippen molar-refractivity contribution < 1.29 is 27.1 Å². The van der Waals surface area contributed by atoms with Gasteiger partial charge in [-0.15, -0.1) is 0 Å². The first-order valence-electron chi connectivity index (χ1n) is 12.6. The molecule has 0 aliphatic rings. The molecule has 2 heterocycles. The van der Waals surface area contributed by atoms with E-state index in [4.69, 9.17) is 10.2 Å². The van der Waals surface area contributed by atoms with Gasteiger partial charge >= 0.3 is 11.7 Å². The first-order valence-corrected chi connectivity index (χ1v) is 16.8. The first-order chi connectivity index (χ1) is 19.0. The second kappa shape index (κ2) is 14.6. The van der Waals surface area contributed by atoms with Crippen molar-refractivity contribution in [2.75, 3.05) is 17.7 Å². The Morgan fingerprint density at radius 2 is 1.90 bits per heavy atom. The Morgan fingerprint density at radius 3 is 2.48 bits per heavy atom. The molecule has 0 spiro atoms. The maximum atomic E-state index is 14.8. The van der Waals surface area contributed by atoms with Gasteiger partial charge in [0.1, 0.15) is 17.3 Å². The van der Waals surface area contributed by atoms with E-state index in [0.29, 0.717) is 41.6 Å². The van der Waals surface area contributed by atoms with E-state index in [0.717, 1.165) is 12.3 Å². The highest BCUT2D eigenvalue weighted by atomic mass is 127. The summed E-state index contributed by atoms with van der Waals surface area (Å²) in [6.07, 6.45) is 3.82. The van der Waals surface area contributed by atoms with Gasteiger partial charge in [-0.25, -0.2) is 22.4 Å².